The fourth-order valence-electron chi connectivity index (χ4n) is 2.63. The zero-order chi connectivity index (χ0) is 20.1. The van der Waals surface area contributed by atoms with Gasteiger partial charge in [-0.1, -0.05) is 34.9 Å². The molecule has 1 heterocycles. The van der Waals surface area contributed by atoms with Gasteiger partial charge in [-0.3, -0.25) is 4.79 Å². The maximum absolute atomic E-state index is 12.4. The highest BCUT2D eigenvalue weighted by atomic mass is 35.5. The maximum atomic E-state index is 12.4. The first-order valence-electron chi connectivity index (χ1n) is 8.27. The van der Waals surface area contributed by atoms with Crippen LogP contribution in [0, 0.1) is 12.3 Å². The summed E-state index contributed by atoms with van der Waals surface area (Å²) in [5.41, 5.74) is 1.68. The predicted molar refractivity (Wildman–Crippen MR) is 113 cm³/mol. The number of carbonyl (C=O) groups is 1. The molecule has 0 radical (unpaired) electrons. The molecule has 0 bridgehead atoms. The van der Waals surface area contributed by atoms with Crippen molar-refractivity contribution in [2.75, 3.05) is 14.2 Å². The molecule has 0 N–H and O–H groups in total. The first-order valence-corrected chi connectivity index (χ1v) is 9.46. The third-order valence-electron chi connectivity index (χ3n) is 3.93. The first kappa shape index (κ1) is 19.7. The van der Waals surface area contributed by atoms with Crippen LogP contribution in [0.4, 0.5) is 0 Å². The SMILES string of the molecule is C#CCn1c(=NC(=O)/C=C\c2ccc(OC)c(OC)c2)sc2cc(Cl)ccc21. The average Bonchev–Trinajstić information content (AvgIpc) is 3.02. The van der Waals surface area contributed by atoms with Gasteiger partial charge in [-0.15, -0.1) is 6.42 Å². The molecule has 28 heavy (non-hydrogen) atoms. The number of aromatic nitrogens is 1. The minimum Gasteiger partial charge on any atom is -0.493 e. The molecule has 1 amide bonds. The molecule has 3 rings (SSSR count). The van der Waals surface area contributed by atoms with Crippen molar-refractivity contribution in [2.24, 2.45) is 4.99 Å². The number of amides is 1. The highest BCUT2D eigenvalue weighted by Crippen LogP contribution is 2.28. The van der Waals surface area contributed by atoms with Crippen LogP contribution in [0.5, 0.6) is 11.5 Å². The Hall–Kier alpha value is -3.01. The fraction of sp³-hybridized carbons (Fsp3) is 0.143. The Bertz CT molecular complexity index is 1170. The van der Waals surface area contributed by atoms with Crippen molar-refractivity contribution in [1.29, 1.82) is 0 Å². The van der Waals surface area contributed by atoms with E-state index in [1.807, 2.05) is 22.8 Å². The lowest BCUT2D eigenvalue weighted by atomic mass is 10.2. The van der Waals surface area contributed by atoms with Gasteiger partial charge in [0.05, 0.1) is 31.0 Å². The van der Waals surface area contributed by atoms with Crippen molar-refractivity contribution in [2.45, 2.75) is 6.54 Å². The van der Waals surface area contributed by atoms with Gasteiger partial charge in [0.15, 0.2) is 16.3 Å². The number of rotatable bonds is 5. The van der Waals surface area contributed by atoms with Crippen LogP contribution < -0.4 is 14.3 Å². The number of methoxy groups -OCH3 is 2. The molecule has 1 aromatic heterocycles. The lowest BCUT2D eigenvalue weighted by molar-refractivity contribution is -0.113. The fourth-order valence-corrected chi connectivity index (χ4v) is 3.94. The molecule has 0 fully saturated rings. The maximum Gasteiger partial charge on any atom is 0.272 e. The van der Waals surface area contributed by atoms with Gasteiger partial charge in [0.1, 0.15) is 0 Å². The Labute approximate surface area is 171 Å². The van der Waals surface area contributed by atoms with Gasteiger partial charge in [0, 0.05) is 11.1 Å². The smallest absolute Gasteiger partial charge is 0.272 e. The second kappa shape index (κ2) is 8.79. The summed E-state index contributed by atoms with van der Waals surface area (Å²) in [6.07, 6.45) is 8.54. The minimum absolute atomic E-state index is 0.313. The minimum atomic E-state index is -0.391. The standard InChI is InChI=1S/C21H17ClN2O3S/c1-4-11-24-16-8-7-15(22)13-19(16)28-21(24)23-20(25)10-6-14-5-9-17(26-2)18(12-14)27-3/h1,5-10,12-13H,11H2,2-3H3/b10-6-,23-21?. The summed E-state index contributed by atoms with van der Waals surface area (Å²) >= 11 is 7.42. The van der Waals surface area contributed by atoms with E-state index in [1.165, 1.54) is 17.4 Å². The van der Waals surface area contributed by atoms with Crippen molar-refractivity contribution >= 4 is 45.1 Å². The Balaban J connectivity index is 1.93. The zero-order valence-corrected chi connectivity index (χ0v) is 16.9. The summed E-state index contributed by atoms with van der Waals surface area (Å²) in [6, 6.07) is 10.9. The molecule has 0 aliphatic carbocycles. The molecule has 0 saturated carbocycles. The van der Waals surface area contributed by atoms with E-state index in [2.05, 4.69) is 10.9 Å². The van der Waals surface area contributed by atoms with Crippen molar-refractivity contribution in [3.8, 4) is 23.8 Å². The Morgan fingerprint density at radius 1 is 1.25 bits per heavy atom. The molecule has 0 aliphatic rings. The third kappa shape index (κ3) is 4.28. The van der Waals surface area contributed by atoms with E-state index >= 15 is 0 Å². The van der Waals surface area contributed by atoms with Gasteiger partial charge in [0.25, 0.3) is 5.91 Å². The van der Waals surface area contributed by atoms with Crippen LogP contribution in [-0.4, -0.2) is 24.7 Å². The van der Waals surface area contributed by atoms with E-state index in [4.69, 9.17) is 27.5 Å². The lowest BCUT2D eigenvalue weighted by Gasteiger charge is -2.07. The number of terminal acetylenes is 1. The van der Waals surface area contributed by atoms with Gasteiger partial charge in [-0.25, -0.2) is 0 Å². The lowest BCUT2D eigenvalue weighted by Crippen LogP contribution is -2.15. The number of thiazole rings is 1. The largest absolute Gasteiger partial charge is 0.493 e. The number of carbonyl (C=O) groups excluding carboxylic acids is 1. The van der Waals surface area contributed by atoms with E-state index in [1.54, 1.807) is 38.5 Å². The highest BCUT2D eigenvalue weighted by molar-refractivity contribution is 7.16. The monoisotopic (exact) mass is 412 g/mol. The van der Waals surface area contributed by atoms with Gasteiger partial charge in [0.2, 0.25) is 0 Å². The molecule has 0 unspecified atom stereocenters. The summed E-state index contributed by atoms with van der Waals surface area (Å²) in [5.74, 6) is 3.41. The van der Waals surface area contributed by atoms with E-state index in [0.29, 0.717) is 27.9 Å². The molecule has 0 aliphatic heterocycles. The van der Waals surface area contributed by atoms with E-state index < -0.39 is 5.91 Å². The van der Waals surface area contributed by atoms with Crippen molar-refractivity contribution in [3.05, 3.63) is 57.9 Å². The Morgan fingerprint density at radius 2 is 2.04 bits per heavy atom. The number of fused-ring (bicyclic) bond motifs is 1. The topological polar surface area (TPSA) is 52.8 Å². The first-order chi connectivity index (χ1) is 13.5. The van der Waals surface area contributed by atoms with Crippen LogP contribution in [0.2, 0.25) is 5.02 Å². The number of hydrogen-bond acceptors (Lipinski definition) is 4. The summed E-state index contributed by atoms with van der Waals surface area (Å²) in [4.78, 5) is 17.1. The summed E-state index contributed by atoms with van der Waals surface area (Å²) < 4.78 is 13.2. The molecule has 2 aromatic carbocycles. The molecule has 0 saturated heterocycles. The highest BCUT2D eigenvalue weighted by Gasteiger charge is 2.07. The molecular formula is C21H17ClN2O3S. The van der Waals surface area contributed by atoms with Crippen LogP contribution in [0.25, 0.3) is 16.3 Å². The van der Waals surface area contributed by atoms with Crippen molar-refractivity contribution in [1.82, 2.24) is 4.57 Å². The van der Waals surface area contributed by atoms with Crippen LogP contribution >= 0.6 is 22.9 Å². The van der Waals surface area contributed by atoms with Crippen molar-refractivity contribution < 1.29 is 14.3 Å². The van der Waals surface area contributed by atoms with Crippen LogP contribution in [-0.2, 0) is 11.3 Å². The van der Waals surface area contributed by atoms with Crippen LogP contribution in [0.15, 0.2) is 47.5 Å². The van der Waals surface area contributed by atoms with Gasteiger partial charge in [-0.2, -0.15) is 4.99 Å². The molecule has 0 atom stereocenters. The molecule has 0 spiro atoms. The quantitative estimate of drug-likeness (QED) is 0.467. The summed E-state index contributed by atoms with van der Waals surface area (Å²) in [6.45, 7) is 0.313. The predicted octanol–water partition coefficient (Wildman–Crippen LogP) is 4.15. The average molecular weight is 413 g/mol. The molecule has 7 heteroatoms. The van der Waals surface area contributed by atoms with Crippen molar-refractivity contribution in [3.63, 3.8) is 0 Å². The normalized spacial score (nSPS) is 11.7. The van der Waals surface area contributed by atoms with E-state index in [0.717, 1.165) is 15.8 Å². The van der Waals surface area contributed by atoms with Gasteiger partial charge < -0.3 is 14.0 Å². The number of halogens is 1. The van der Waals surface area contributed by atoms with Crippen LogP contribution in [0.3, 0.4) is 0 Å². The van der Waals surface area contributed by atoms with Crippen LogP contribution in [0.1, 0.15) is 5.56 Å². The molecule has 142 valence electrons. The Kier molecular flexibility index (Phi) is 6.19. The molecular weight excluding hydrogens is 396 g/mol. The third-order valence-corrected chi connectivity index (χ3v) is 5.20. The number of benzene rings is 2. The molecule has 5 nitrogen and oxygen atoms in total. The second-order valence-electron chi connectivity index (χ2n) is 5.68. The van der Waals surface area contributed by atoms with Gasteiger partial charge >= 0.3 is 0 Å². The van der Waals surface area contributed by atoms with Gasteiger partial charge in [-0.05, 0) is 42.0 Å². The number of hydrogen-bond donors (Lipinski definition) is 0. The van der Waals surface area contributed by atoms with E-state index in [-0.39, 0.29) is 0 Å². The van der Waals surface area contributed by atoms with E-state index in [9.17, 15) is 4.79 Å². The number of ether oxygens (including phenoxy) is 2. The zero-order valence-electron chi connectivity index (χ0n) is 15.3. The second-order valence-corrected chi connectivity index (χ2v) is 7.13. The number of nitrogens with zero attached hydrogens (tertiary/aromatic N) is 2. The summed E-state index contributed by atoms with van der Waals surface area (Å²) in [5, 5.41) is 0.618. The summed E-state index contributed by atoms with van der Waals surface area (Å²) in [7, 11) is 3.13. The Morgan fingerprint density at radius 3 is 2.75 bits per heavy atom. The molecule has 3 aromatic rings.